The number of carboxylic acids is 1. The maximum atomic E-state index is 11.0. The van der Waals surface area contributed by atoms with Gasteiger partial charge in [-0.1, -0.05) is 66.2 Å². The van der Waals surface area contributed by atoms with Gasteiger partial charge in [-0.3, -0.25) is 9.69 Å². The number of nitrogens with zero attached hydrogens (tertiary/aromatic N) is 1. The molecule has 194 valence electrons. The van der Waals surface area contributed by atoms with Crippen molar-refractivity contribution in [3.05, 3.63) is 71.8 Å². The zero-order valence-electron chi connectivity index (χ0n) is 21.2. The molecule has 1 aliphatic carbocycles. The molecule has 0 amide bonds. The molecular weight excluding hydrogens is 470 g/mol. The number of ether oxygens (including phenoxy) is 1. The predicted octanol–water partition coefficient (Wildman–Crippen LogP) is 5.55. The van der Waals surface area contributed by atoms with Crippen molar-refractivity contribution >= 4 is 17.7 Å². The smallest absolute Gasteiger partial charge is 0.303 e. The fraction of sp³-hybridized carbons (Fsp3) is 0.500. The fourth-order valence-corrected chi connectivity index (χ4v) is 6.35. The van der Waals surface area contributed by atoms with E-state index in [0.717, 1.165) is 43.0 Å². The Labute approximate surface area is 219 Å². The van der Waals surface area contributed by atoms with Crippen LogP contribution in [0.25, 0.3) is 11.1 Å². The summed E-state index contributed by atoms with van der Waals surface area (Å²) in [5.74, 6) is 1.70. The van der Waals surface area contributed by atoms with Gasteiger partial charge in [-0.05, 0) is 42.9 Å². The molecule has 2 aromatic carbocycles. The highest BCUT2D eigenvalue weighted by atomic mass is 32.2. The third-order valence-corrected chi connectivity index (χ3v) is 8.33. The van der Waals surface area contributed by atoms with Crippen LogP contribution in [-0.4, -0.2) is 63.9 Å². The molecule has 0 spiro atoms. The molecule has 4 rings (SSSR count). The third-order valence-electron chi connectivity index (χ3n) is 7.39. The van der Waals surface area contributed by atoms with Gasteiger partial charge in [0, 0.05) is 49.4 Å². The number of unbranched alkanes of at least 4 members (excludes halogenated alkanes) is 1. The van der Waals surface area contributed by atoms with Crippen LogP contribution in [0.3, 0.4) is 0 Å². The molecule has 0 aromatic heterocycles. The lowest BCUT2D eigenvalue weighted by Gasteiger charge is -2.37. The Balaban J connectivity index is 1.38. The number of carbonyl (C=O) groups is 1. The zero-order valence-corrected chi connectivity index (χ0v) is 22.0. The van der Waals surface area contributed by atoms with Crippen molar-refractivity contribution in [3.8, 4) is 11.1 Å². The normalized spacial score (nSPS) is 24.9. The van der Waals surface area contributed by atoms with Gasteiger partial charge in [-0.15, -0.1) is 0 Å². The average molecular weight is 510 g/mol. The Morgan fingerprint density at radius 3 is 2.39 bits per heavy atom. The van der Waals surface area contributed by atoms with E-state index < -0.39 is 5.97 Å². The van der Waals surface area contributed by atoms with Crippen LogP contribution >= 0.6 is 11.8 Å². The first-order valence-corrected chi connectivity index (χ1v) is 14.3. The molecule has 36 heavy (non-hydrogen) atoms. The Morgan fingerprint density at radius 1 is 1.06 bits per heavy atom. The van der Waals surface area contributed by atoms with Crippen molar-refractivity contribution in [1.82, 2.24) is 4.90 Å². The predicted molar refractivity (Wildman–Crippen MR) is 147 cm³/mol. The molecule has 2 aliphatic rings. The molecule has 1 aliphatic heterocycles. The monoisotopic (exact) mass is 509 g/mol. The third kappa shape index (κ3) is 7.45. The first-order chi connectivity index (χ1) is 17.5. The highest BCUT2D eigenvalue weighted by molar-refractivity contribution is 7.99. The van der Waals surface area contributed by atoms with Crippen LogP contribution in [0.1, 0.15) is 43.2 Å². The van der Waals surface area contributed by atoms with E-state index >= 15 is 0 Å². The van der Waals surface area contributed by atoms with E-state index in [1.807, 2.05) is 11.8 Å². The second-order valence-electron chi connectivity index (χ2n) is 10.0. The number of hydrogen-bond acceptors (Lipinski definition) is 5. The molecule has 4 unspecified atom stereocenters. The Hall–Kier alpha value is -2.12. The van der Waals surface area contributed by atoms with Crippen LogP contribution in [-0.2, 0) is 16.1 Å². The van der Waals surface area contributed by atoms with Crippen molar-refractivity contribution < 1.29 is 19.7 Å². The van der Waals surface area contributed by atoms with Gasteiger partial charge in [-0.2, -0.15) is 11.8 Å². The van der Waals surface area contributed by atoms with E-state index in [9.17, 15) is 9.90 Å². The highest BCUT2D eigenvalue weighted by Gasteiger charge is 2.45. The van der Waals surface area contributed by atoms with Gasteiger partial charge >= 0.3 is 5.97 Å². The number of aliphatic hydroxyl groups excluding tert-OH is 1. The van der Waals surface area contributed by atoms with Gasteiger partial charge in [0.2, 0.25) is 0 Å². The minimum absolute atomic E-state index is 0.0000225. The quantitative estimate of drug-likeness (QED) is 0.306. The van der Waals surface area contributed by atoms with E-state index in [4.69, 9.17) is 9.84 Å². The molecular formula is C30H39NO4S. The lowest BCUT2D eigenvalue weighted by molar-refractivity contribution is -0.137. The van der Waals surface area contributed by atoms with Crippen molar-refractivity contribution in [1.29, 1.82) is 0 Å². The van der Waals surface area contributed by atoms with Gasteiger partial charge in [0.25, 0.3) is 0 Å². The molecule has 4 atom stereocenters. The van der Waals surface area contributed by atoms with E-state index in [1.54, 1.807) is 0 Å². The van der Waals surface area contributed by atoms with Crippen LogP contribution in [0.2, 0.25) is 0 Å². The van der Waals surface area contributed by atoms with Gasteiger partial charge in [0.1, 0.15) is 0 Å². The molecule has 0 bridgehead atoms. The average Bonchev–Trinajstić information content (AvgIpc) is 3.20. The minimum atomic E-state index is -0.745. The number of thioether (sulfide) groups is 1. The number of hydrogen-bond donors (Lipinski definition) is 2. The van der Waals surface area contributed by atoms with E-state index in [-0.39, 0.29) is 30.6 Å². The summed E-state index contributed by atoms with van der Waals surface area (Å²) >= 11 is 1.98. The highest BCUT2D eigenvalue weighted by Crippen LogP contribution is 2.37. The summed E-state index contributed by atoms with van der Waals surface area (Å²) in [5, 5.41) is 19.9. The maximum Gasteiger partial charge on any atom is 0.303 e. The standard InChI is InChI=1S/C30H39NO4S/c1-22-8-12-24(13-9-22)25-14-10-23(11-15-25)21-35-28-20-27(32)30(31-16-18-36-19-17-31)26(28)6-4-2-3-5-7-29(33)34/h2,4,8-15,26-28,30,32H,3,5-7,16-21H2,1H3,(H,33,34). The van der Waals surface area contributed by atoms with Crippen molar-refractivity contribution in [2.24, 2.45) is 5.92 Å². The second kappa shape index (κ2) is 13.4. The summed E-state index contributed by atoms with van der Waals surface area (Å²) in [5.41, 5.74) is 4.81. The summed E-state index contributed by atoms with van der Waals surface area (Å²) in [6, 6.07) is 17.3. The van der Waals surface area contributed by atoms with Crippen molar-refractivity contribution in [2.45, 2.75) is 63.9 Å². The Bertz CT molecular complexity index is 985. The zero-order chi connectivity index (χ0) is 25.3. The van der Waals surface area contributed by atoms with Crippen LogP contribution in [0.15, 0.2) is 60.7 Å². The Morgan fingerprint density at radius 2 is 1.72 bits per heavy atom. The first kappa shape index (κ1) is 26.9. The number of aliphatic hydroxyl groups is 1. The molecule has 1 saturated carbocycles. The van der Waals surface area contributed by atoms with Crippen molar-refractivity contribution in [3.63, 3.8) is 0 Å². The first-order valence-electron chi connectivity index (χ1n) is 13.2. The topological polar surface area (TPSA) is 70.0 Å². The van der Waals surface area contributed by atoms with E-state index in [2.05, 4.69) is 72.5 Å². The molecule has 5 nitrogen and oxygen atoms in total. The minimum Gasteiger partial charge on any atom is -0.481 e. The lowest BCUT2D eigenvalue weighted by atomic mass is 9.95. The fourth-order valence-electron chi connectivity index (χ4n) is 5.42. The van der Waals surface area contributed by atoms with E-state index in [1.165, 1.54) is 16.7 Å². The number of aryl methyl sites for hydroxylation is 1. The lowest BCUT2D eigenvalue weighted by Crippen LogP contribution is -2.48. The molecule has 0 radical (unpaired) electrons. The molecule has 2 fully saturated rings. The van der Waals surface area contributed by atoms with Crippen molar-refractivity contribution in [2.75, 3.05) is 24.6 Å². The number of benzene rings is 2. The van der Waals surface area contributed by atoms with Crippen LogP contribution in [0.4, 0.5) is 0 Å². The SMILES string of the molecule is Cc1ccc(-c2ccc(COC3CC(O)C(N4CCSCC4)C3CC=CCCCC(=O)O)cc2)cc1. The number of carboxylic acid groups (broad SMARTS) is 1. The summed E-state index contributed by atoms with van der Waals surface area (Å²) in [7, 11) is 0. The summed E-state index contributed by atoms with van der Waals surface area (Å²) < 4.78 is 6.46. The number of allylic oxidation sites excluding steroid dienone is 2. The molecule has 2 aromatic rings. The van der Waals surface area contributed by atoms with Crippen LogP contribution in [0, 0.1) is 12.8 Å². The van der Waals surface area contributed by atoms with Gasteiger partial charge < -0.3 is 14.9 Å². The van der Waals surface area contributed by atoms with Crippen LogP contribution in [0.5, 0.6) is 0 Å². The van der Waals surface area contributed by atoms with E-state index in [0.29, 0.717) is 19.4 Å². The molecule has 1 heterocycles. The maximum absolute atomic E-state index is 11.0. The molecule has 2 N–H and O–H groups in total. The van der Waals surface area contributed by atoms with Gasteiger partial charge in [-0.25, -0.2) is 0 Å². The van der Waals surface area contributed by atoms with Crippen LogP contribution < -0.4 is 0 Å². The summed E-state index contributed by atoms with van der Waals surface area (Å²) in [4.78, 5) is 13.2. The molecule has 1 saturated heterocycles. The van der Waals surface area contributed by atoms with Gasteiger partial charge in [0.15, 0.2) is 0 Å². The summed E-state index contributed by atoms with van der Waals surface area (Å²) in [6.07, 6.45) is 7.02. The largest absolute Gasteiger partial charge is 0.481 e. The summed E-state index contributed by atoms with van der Waals surface area (Å²) in [6.45, 7) is 4.66. The molecule has 6 heteroatoms. The Kier molecular flexibility index (Phi) is 10.0. The second-order valence-corrected chi connectivity index (χ2v) is 11.2. The number of rotatable bonds is 11. The van der Waals surface area contributed by atoms with Gasteiger partial charge in [0.05, 0.1) is 18.8 Å². The number of aliphatic carboxylic acids is 1.